The lowest BCUT2D eigenvalue weighted by atomic mass is 9.93. The molecule has 0 atom stereocenters. The number of anilines is 1. The molecular weight excluding hydrogens is 532 g/mol. The van der Waals surface area contributed by atoms with Crippen molar-refractivity contribution in [3.63, 3.8) is 0 Å². The zero-order valence-corrected chi connectivity index (χ0v) is 24.2. The molecule has 3 aromatic rings. The Labute approximate surface area is 236 Å². The number of thiophene rings is 2. The number of urea groups is 1. The van der Waals surface area contributed by atoms with Gasteiger partial charge in [-0.3, -0.25) is 5.32 Å². The lowest BCUT2D eigenvalue weighted by Crippen LogP contribution is -2.30. The summed E-state index contributed by atoms with van der Waals surface area (Å²) < 4.78 is 5.70. The maximum Gasteiger partial charge on any atom is 0.341 e. The number of carbonyl (C=O) groups excluding carboxylic acids is 2. The Bertz CT molecular complexity index is 1410. The predicted octanol–water partition coefficient (Wildman–Crippen LogP) is 7.21. The van der Waals surface area contributed by atoms with Crippen LogP contribution in [0.2, 0.25) is 0 Å². The van der Waals surface area contributed by atoms with Gasteiger partial charge in [0.05, 0.1) is 11.1 Å². The maximum atomic E-state index is 13.2. The van der Waals surface area contributed by atoms with Gasteiger partial charge in [0.25, 0.3) is 0 Å². The van der Waals surface area contributed by atoms with Crippen LogP contribution in [0, 0.1) is 0 Å². The van der Waals surface area contributed by atoms with Crippen LogP contribution >= 0.6 is 22.7 Å². The molecule has 9 heteroatoms. The fourth-order valence-corrected chi connectivity index (χ4v) is 8.02. The molecule has 0 aliphatic heterocycles. The number of nitrogens with one attached hydrogen (secondary N) is 2. The van der Waals surface area contributed by atoms with Gasteiger partial charge >= 0.3 is 18.0 Å². The number of hydrogen-bond donors (Lipinski definition) is 3. The van der Waals surface area contributed by atoms with E-state index >= 15 is 0 Å². The third-order valence-electron chi connectivity index (χ3n) is 7.10. The van der Waals surface area contributed by atoms with Gasteiger partial charge in [-0.2, -0.15) is 0 Å². The van der Waals surface area contributed by atoms with E-state index in [1.807, 2.05) is 32.9 Å². The Kier molecular flexibility index (Phi) is 7.82. The topological polar surface area (TPSA) is 105 Å². The average molecular weight is 567 g/mol. The van der Waals surface area contributed by atoms with E-state index in [0.717, 1.165) is 77.8 Å². The highest BCUT2D eigenvalue weighted by atomic mass is 32.1. The molecule has 5 rings (SSSR count). The number of aromatic carboxylic acids is 1. The number of hydrogen-bond acceptors (Lipinski definition) is 6. The van der Waals surface area contributed by atoms with E-state index in [9.17, 15) is 19.5 Å². The van der Waals surface area contributed by atoms with E-state index in [2.05, 4.69) is 10.6 Å². The quantitative estimate of drug-likeness (QED) is 0.274. The van der Waals surface area contributed by atoms with Gasteiger partial charge in [0.15, 0.2) is 0 Å². The first-order valence-electron chi connectivity index (χ1n) is 13.5. The number of carboxylic acids is 1. The molecule has 0 saturated heterocycles. The number of carbonyl (C=O) groups is 3. The smallest absolute Gasteiger partial charge is 0.341 e. The number of benzene rings is 1. The normalized spacial score (nSPS) is 14.7. The highest BCUT2D eigenvalue weighted by molar-refractivity contribution is 7.17. The largest absolute Gasteiger partial charge is 0.478 e. The van der Waals surface area contributed by atoms with Gasteiger partial charge in [-0.15, -0.1) is 22.7 Å². The van der Waals surface area contributed by atoms with Gasteiger partial charge in [-0.25, -0.2) is 14.4 Å². The van der Waals surface area contributed by atoms with Crippen LogP contribution < -0.4 is 10.6 Å². The standard InChI is InChI=1S/C30H34N2O5S2/c1-30(2,3)37-28(35)24-20-9-5-7-11-23(20)39-26(24)32-29(36)31-16-21-19-8-4-6-10-22(19)38-25(21)17-12-14-18(15-13-17)27(33)34/h12-15H,4-11,16H2,1-3H3,(H,33,34)(H2,31,32,36). The van der Waals surface area contributed by atoms with Crippen molar-refractivity contribution in [2.75, 3.05) is 5.32 Å². The van der Waals surface area contributed by atoms with Crippen LogP contribution in [-0.2, 0) is 37.0 Å². The average Bonchev–Trinajstić information content (AvgIpc) is 3.44. The fraction of sp³-hybridized carbons (Fsp3) is 0.433. The summed E-state index contributed by atoms with van der Waals surface area (Å²) in [6.07, 6.45) is 8.07. The number of esters is 1. The number of aryl methyl sites for hydroxylation is 2. The molecule has 7 nitrogen and oxygen atoms in total. The van der Waals surface area contributed by atoms with Gasteiger partial charge in [0.2, 0.25) is 0 Å². The summed E-state index contributed by atoms with van der Waals surface area (Å²) in [5.74, 6) is -1.34. The van der Waals surface area contributed by atoms with E-state index < -0.39 is 17.5 Å². The van der Waals surface area contributed by atoms with Crippen molar-refractivity contribution in [3.8, 4) is 10.4 Å². The molecule has 1 aromatic carbocycles. The van der Waals surface area contributed by atoms with Gasteiger partial charge < -0.3 is 15.2 Å². The van der Waals surface area contributed by atoms with Crippen molar-refractivity contribution in [1.82, 2.24) is 5.32 Å². The zero-order chi connectivity index (χ0) is 27.7. The first kappa shape index (κ1) is 27.4. The molecule has 2 amide bonds. The van der Waals surface area contributed by atoms with Crippen molar-refractivity contribution in [1.29, 1.82) is 0 Å². The second-order valence-corrected chi connectivity index (χ2v) is 13.3. The van der Waals surface area contributed by atoms with E-state index in [0.29, 0.717) is 17.1 Å². The van der Waals surface area contributed by atoms with Gasteiger partial charge in [-0.05, 0) is 107 Å². The number of amides is 2. The molecule has 0 fully saturated rings. The molecule has 3 N–H and O–H groups in total. The SMILES string of the molecule is CC(C)(C)OC(=O)c1c(NC(=O)NCc2c(-c3ccc(C(=O)O)cc3)sc3c2CCCC3)sc2c1CCCC2. The highest BCUT2D eigenvalue weighted by Crippen LogP contribution is 2.41. The molecule has 0 unspecified atom stereocenters. The van der Waals surface area contributed by atoms with Crippen LogP contribution in [0.25, 0.3) is 10.4 Å². The molecule has 2 aliphatic carbocycles. The number of fused-ring (bicyclic) bond motifs is 2. The third kappa shape index (κ3) is 6.04. The molecule has 39 heavy (non-hydrogen) atoms. The van der Waals surface area contributed by atoms with Gasteiger partial charge in [-0.1, -0.05) is 12.1 Å². The van der Waals surface area contributed by atoms with Crippen molar-refractivity contribution in [2.24, 2.45) is 0 Å². The molecule has 206 valence electrons. The maximum absolute atomic E-state index is 13.2. The summed E-state index contributed by atoms with van der Waals surface area (Å²) in [5, 5.41) is 15.8. The van der Waals surface area contributed by atoms with Crippen molar-refractivity contribution < 1.29 is 24.2 Å². The lowest BCUT2D eigenvalue weighted by Gasteiger charge is -2.21. The lowest BCUT2D eigenvalue weighted by molar-refractivity contribution is 0.00696. The molecular formula is C30H34N2O5S2. The van der Waals surface area contributed by atoms with Gasteiger partial charge in [0.1, 0.15) is 10.6 Å². The molecule has 0 spiro atoms. The van der Waals surface area contributed by atoms with Crippen LogP contribution in [-0.4, -0.2) is 28.7 Å². The van der Waals surface area contributed by atoms with Crippen LogP contribution in [0.3, 0.4) is 0 Å². The minimum Gasteiger partial charge on any atom is -0.478 e. The molecule has 2 heterocycles. The third-order valence-corrected chi connectivity index (χ3v) is 9.69. The van der Waals surface area contributed by atoms with Crippen molar-refractivity contribution >= 4 is 45.6 Å². The number of rotatable bonds is 6. The van der Waals surface area contributed by atoms with E-state index in [4.69, 9.17) is 4.74 Å². The van der Waals surface area contributed by atoms with Crippen LogP contribution in [0.5, 0.6) is 0 Å². The monoisotopic (exact) mass is 566 g/mol. The first-order valence-corrected chi connectivity index (χ1v) is 15.1. The summed E-state index contributed by atoms with van der Waals surface area (Å²) in [5.41, 5.74) is 4.46. The molecule has 0 radical (unpaired) electrons. The second kappa shape index (κ2) is 11.1. The summed E-state index contributed by atoms with van der Waals surface area (Å²) in [6.45, 7) is 5.88. The molecule has 2 aliphatic rings. The Morgan fingerprint density at radius 1 is 0.897 bits per heavy atom. The molecule has 2 aromatic heterocycles. The summed E-state index contributed by atoms with van der Waals surface area (Å²) in [7, 11) is 0. The Morgan fingerprint density at radius 2 is 1.51 bits per heavy atom. The fourth-order valence-electron chi connectivity index (χ4n) is 5.33. The minimum absolute atomic E-state index is 0.249. The van der Waals surface area contributed by atoms with E-state index in [1.54, 1.807) is 23.5 Å². The second-order valence-electron chi connectivity index (χ2n) is 11.1. The summed E-state index contributed by atoms with van der Waals surface area (Å²) >= 11 is 3.21. The zero-order valence-electron chi connectivity index (χ0n) is 22.6. The molecule has 0 saturated carbocycles. The van der Waals surface area contributed by atoms with Crippen molar-refractivity contribution in [3.05, 3.63) is 61.8 Å². The van der Waals surface area contributed by atoms with E-state index in [-0.39, 0.29) is 11.6 Å². The highest BCUT2D eigenvalue weighted by Gasteiger charge is 2.30. The van der Waals surface area contributed by atoms with E-state index in [1.165, 1.54) is 21.8 Å². The van der Waals surface area contributed by atoms with Crippen LogP contribution in [0.15, 0.2) is 24.3 Å². The van der Waals surface area contributed by atoms with Crippen molar-refractivity contribution in [2.45, 2.75) is 84.3 Å². The number of carboxylic acid groups (broad SMARTS) is 1. The van der Waals surface area contributed by atoms with Crippen LogP contribution in [0.1, 0.15) is 93.6 Å². The predicted molar refractivity (Wildman–Crippen MR) is 155 cm³/mol. The number of ether oxygens (including phenoxy) is 1. The van der Waals surface area contributed by atoms with Crippen LogP contribution in [0.4, 0.5) is 9.80 Å². The summed E-state index contributed by atoms with van der Waals surface area (Å²) in [6, 6.07) is 6.57. The Morgan fingerprint density at radius 3 is 2.15 bits per heavy atom. The Hall–Kier alpha value is -3.17. The van der Waals surface area contributed by atoms with Gasteiger partial charge in [0, 0.05) is 21.2 Å². The Balaban J connectivity index is 1.38. The first-order chi connectivity index (χ1) is 18.6. The summed E-state index contributed by atoms with van der Waals surface area (Å²) in [4.78, 5) is 41.2. The molecule has 0 bridgehead atoms. The minimum atomic E-state index is -0.952.